The summed E-state index contributed by atoms with van der Waals surface area (Å²) in [7, 11) is 0. The van der Waals surface area contributed by atoms with Crippen molar-refractivity contribution in [3.8, 4) is 11.1 Å². The van der Waals surface area contributed by atoms with Crippen LogP contribution in [0.3, 0.4) is 0 Å². The van der Waals surface area contributed by atoms with Crippen molar-refractivity contribution in [1.29, 1.82) is 0 Å². The summed E-state index contributed by atoms with van der Waals surface area (Å²) >= 11 is 0. The first-order valence-electron chi connectivity index (χ1n) is 7.29. The van der Waals surface area contributed by atoms with E-state index in [9.17, 15) is 0 Å². The summed E-state index contributed by atoms with van der Waals surface area (Å²) in [6, 6.07) is 18.9. The number of hydrogen-bond donors (Lipinski definition) is 1. The third kappa shape index (κ3) is 4.85. The molecule has 0 aromatic heterocycles. The van der Waals surface area contributed by atoms with Gasteiger partial charge in [0.2, 0.25) is 0 Å². The summed E-state index contributed by atoms with van der Waals surface area (Å²) in [6.45, 7) is 4.95. The molecule has 0 aliphatic rings. The average Bonchev–Trinajstić information content (AvgIpc) is 2.56. The summed E-state index contributed by atoms with van der Waals surface area (Å²) in [4.78, 5) is 0. The van der Waals surface area contributed by atoms with E-state index in [1.807, 2.05) is 18.2 Å². The molecule has 0 saturated carbocycles. The van der Waals surface area contributed by atoms with Gasteiger partial charge in [-0.2, -0.15) is 0 Å². The van der Waals surface area contributed by atoms with Crippen molar-refractivity contribution in [2.45, 2.75) is 6.42 Å². The van der Waals surface area contributed by atoms with Crippen LogP contribution in [0.4, 0.5) is 0 Å². The second-order valence-electron chi connectivity index (χ2n) is 5.07. The average molecular weight is 282 g/mol. The SMILES string of the molecule is C=CC(CO)COCCc1ccc(-c2ccccc2)cc1. The van der Waals surface area contributed by atoms with Crippen molar-refractivity contribution in [3.63, 3.8) is 0 Å². The van der Waals surface area contributed by atoms with E-state index < -0.39 is 0 Å². The van der Waals surface area contributed by atoms with E-state index in [1.165, 1.54) is 16.7 Å². The highest BCUT2D eigenvalue weighted by atomic mass is 16.5. The molecule has 1 N–H and O–H groups in total. The molecule has 2 heteroatoms. The maximum Gasteiger partial charge on any atom is 0.0550 e. The lowest BCUT2D eigenvalue weighted by atomic mass is 10.0. The lowest BCUT2D eigenvalue weighted by Gasteiger charge is -2.10. The molecule has 0 aliphatic heterocycles. The Labute approximate surface area is 126 Å². The van der Waals surface area contributed by atoms with E-state index in [0.29, 0.717) is 13.2 Å². The van der Waals surface area contributed by atoms with Gasteiger partial charge in [0.1, 0.15) is 0 Å². The van der Waals surface area contributed by atoms with Gasteiger partial charge in [-0.25, -0.2) is 0 Å². The molecule has 2 rings (SSSR count). The molecule has 0 amide bonds. The molecular formula is C19H22O2. The lowest BCUT2D eigenvalue weighted by Crippen LogP contribution is -2.12. The molecule has 21 heavy (non-hydrogen) atoms. The van der Waals surface area contributed by atoms with Gasteiger partial charge >= 0.3 is 0 Å². The van der Waals surface area contributed by atoms with Gasteiger partial charge in [0.05, 0.1) is 19.8 Å². The fraction of sp³-hybridized carbons (Fsp3) is 0.263. The second-order valence-corrected chi connectivity index (χ2v) is 5.07. The summed E-state index contributed by atoms with van der Waals surface area (Å²) < 4.78 is 5.57. The number of aliphatic hydroxyl groups is 1. The Morgan fingerprint density at radius 2 is 1.67 bits per heavy atom. The van der Waals surface area contributed by atoms with Gasteiger partial charge in [-0.1, -0.05) is 60.7 Å². The van der Waals surface area contributed by atoms with Crippen molar-refractivity contribution in [2.24, 2.45) is 5.92 Å². The Balaban J connectivity index is 1.82. The normalized spacial score (nSPS) is 12.0. The van der Waals surface area contributed by atoms with Crippen LogP contribution < -0.4 is 0 Å². The minimum absolute atomic E-state index is 0.0328. The quantitative estimate of drug-likeness (QED) is 0.591. The van der Waals surface area contributed by atoms with Gasteiger partial charge in [0.25, 0.3) is 0 Å². The molecule has 0 fully saturated rings. The second kappa shape index (κ2) is 8.40. The number of ether oxygens (including phenoxy) is 1. The molecule has 0 saturated heterocycles. The molecule has 110 valence electrons. The molecule has 0 aliphatic carbocycles. The minimum Gasteiger partial charge on any atom is -0.396 e. The van der Waals surface area contributed by atoms with E-state index in [0.717, 1.165) is 6.42 Å². The highest BCUT2D eigenvalue weighted by molar-refractivity contribution is 5.63. The molecule has 1 unspecified atom stereocenters. The Morgan fingerprint density at radius 3 is 2.29 bits per heavy atom. The summed E-state index contributed by atoms with van der Waals surface area (Å²) in [6.07, 6.45) is 2.61. The smallest absolute Gasteiger partial charge is 0.0550 e. The Hall–Kier alpha value is -1.90. The standard InChI is InChI=1S/C19H22O2/c1-2-16(14-20)15-21-13-12-17-8-10-19(11-9-17)18-6-4-3-5-7-18/h2-11,16,20H,1,12-15H2. The van der Waals surface area contributed by atoms with Crippen LogP contribution in [0.1, 0.15) is 5.56 Å². The van der Waals surface area contributed by atoms with Crippen molar-refractivity contribution >= 4 is 0 Å². The molecule has 0 bridgehead atoms. The van der Waals surface area contributed by atoms with Crippen LogP contribution in [-0.2, 0) is 11.2 Å². The lowest BCUT2D eigenvalue weighted by molar-refractivity contribution is 0.0920. The maximum atomic E-state index is 9.03. The molecule has 2 aromatic rings. The highest BCUT2D eigenvalue weighted by Gasteiger charge is 2.02. The Morgan fingerprint density at radius 1 is 1.00 bits per heavy atom. The van der Waals surface area contributed by atoms with E-state index in [2.05, 4.69) is 43.0 Å². The summed E-state index contributed by atoms with van der Waals surface area (Å²) in [5.41, 5.74) is 3.72. The summed E-state index contributed by atoms with van der Waals surface area (Å²) in [5, 5.41) is 9.03. The number of aliphatic hydroxyl groups excluding tert-OH is 1. The van der Waals surface area contributed by atoms with Crippen LogP contribution in [0, 0.1) is 5.92 Å². The zero-order valence-electron chi connectivity index (χ0n) is 12.2. The molecule has 0 heterocycles. The van der Waals surface area contributed by atoms with Crippen LogP contribution in [0.2, 0.25) is 0 Å². The number of rotatable bonds is 8. The van der Waals surface area contributed by atoms with Gasteiger partial charge in [-0.05, 0) is 23.1 Å². The van der Waals surface area contributed by atoms with E-state index >= 15 is 0 Å². The van der Waals surface area contributed by atoms with Crippen molar-refractivity contribution in [2.75, 3.05) is 19.8 Å². The Bertz CT molecular complexity index is 531. The maximum absolute atomic E-state index is 9.03. The highest BCUT2D eigenvalue weighted by Crippen LogP contribution is 2.19. The van der Waals surface area contributed by atoms with Gasteiger partial charge in [-0.3, -0.25) is 0 Å². The van der Waals surface area contributed by atoms with Crippen molar-refractivity contribution in [1.82, 2.24) is 0 Å². The van der Waals surface area contributed by atoms with Crippen LogP contribution in [0.15, 0.2) is 67.3 Å². The van der Waals surface area contributed by atoms with Crippen molar-refractivity contribution in [3.05, 3.63) is 72.8 Å². The predicted octanol–water partition coefficient (Wildman–Crippen LogP) is 3.71. The molecule has 0 spiro atoms. The third-order valence-electron chi connectivity index (χ3n) is 3.50. The first-order chi connectivity index (χ1) is 10.3. The van der Waals surface area contributed by atoms with Crippen LogP contribution in [0.25, 0.3) is 11.1 Å². The zero-order chi connectivity index (χ0) is 14.9. The fourth-order valence-corrected chi connectivity index (χ4v) is 2.11. The minimum atomic E-state index is 0.0328. The Kier molecular flexibility index (Phi) is 6.20. The van der Waals surface area contributed by atoms with Crippen LogP contribution in [0.5, 0.6) is 0 Å². The molecule has 2 nitrogen and oxygen atoms in total. The van der Waals surface area contributed by atoms with E-state index in [-0.39, 0.29) is 12.5 Å². The molecule has 1 atom stereocenters. The molecule has 0 radical (unpaired) electrons. The molecule has 2 aromatic carbocycles. The molecular weight excluding hydrogens is 260 g/mol. The number of hydrogen-bond acceptors (Lipinski definition) is 2. The van der Waals surface area contributed by atoms with Gasteiger partial charge in [0, 0.05) is 5.92 Å². The van der Waals surface area contributed by atoms with Gasteiger partial charge in [0.15, 0.2) is 0 Å². The van der Waals surface area contributed by atoms with Gasteiger partial charge < -0.3 is 9.84 Å². The third-order valence-corrected chi connectivity index (χ3v) is 3.50. The topological polar surface area (TPSA) is 29.5 Å². The first kappa shape index (κ1) is 15.5. The summed E-state index contributed by atoms with van der Waals surface area (Å²) in [5.74, 6) is 0.0328. The van der Waals surface area contributed by atoms with Crippen molar-refractivity contribution < 1.29 is 9.84 Å². The zero-order valence-corrected chi connectivity index (χ0v) is 12.2. The monoisotopic (exact) mass is 282 g/mol. The fourth-order valence-electron chi connectivity index (χ4n) is 2.11. The van der Waals surface area contributed by atoms with Gasteiger partial charge in [-0.15, -0.1) is 6.58 Å². The number of benzene rings is 2. The predicted molar refractivity (Wildman–Crippen MR) is 87.2 cm³/mol. The van der Waals surface area contributed by atoms with E-state index in [4.69, 9.17) is 9.84 Å². The first-order valence-corrected chi connectivity index (χ1v) is 7.29. The van der Waals surface area contributed by atoms with E-state index in [1.54, 1.807) is 6.08 Å². The van der Waals surface area contributed by atoms with Crippen LogP contribution >= 0.6 is 0 Å². The largest absolute Gasteiger partial charge is 0.396 e. The van der Waals surface area contributed by atoms with Crippen LogP contribution in [-0.4, -0.2) is 24.9 Å².